The summed E-state index contributed by atoms with van der Waals surface area (Å²) in [5.41, 5.74) is 6.91. The number of rotatable bonds is 1. The summed E-state index contributed by atoms with van der Waals surface area (Å²) in [5, 5.41) is 6.67. The lowest BCUT2D eigenvalue weighted by atomic mass is 10.3. The average molecular weight is 152 g/mol. The van der Waals surface area contributed by atoms with E-state index in [2.05, 4.69) is 15.1 Å². The summed E-state index contributed by atoms with van der Waals surface area (Å²) in [5.74, 6) is 0. The summed E-state index contributed by atoms with van der Waals surface area (Å²) in [6.07, 6.45) is 4.82. The molecule has 0 aliphatic carbocycles. The quantitative estimate of drug-likeness (QED) is 0.593. The number of aromatic amines is 1. The Kier molecular flexibility index (Phi) is 1.54. The molecule has 0 amide bonds. The van der Waals surface area contributed by atoms with E-state index in [1.165, 1.54) is 0 Å². The van der Waals surface area contributed by atoms with Gasteiger partial charge in [0.2, 0.25) is 0 Å². The third-order valence-electron chi connectivity index (χ3n) is 2.07. The van der Waals surface area contributed by atoms with Crippen molar-refractivity contribution < 1.29 is 0 Å². The van der Waals surface area contributed by atoms with Crippen LogP contribution in [0.2, 0.25) is 0 Å². The van der Waals surface area contributed by atoms with Crippen LogP contribution >= 0.6 is 0 Å². The number of nitrogens with zero attached hydrogens (tertiary/aromatic N) is 2. The maximum absolute atomic E-state index is 5.76. The van der Waals surface area contributed by atoms with Crippen molar-refractivity contribution in [3.05, 3.63) is 12.4 Å². The van der Waals surface area contributed by atoms with Crippen molar-refractivity contribution in [1.82, 2.24) is 10.2 Å². The lowest BCUT2D eigenvalue weighted by Crippen LogP contribution is -2.25. The van der Waals surface area contributed by atoms with Crippen molar-refractivity contribution in [2.75, 3.05) is 18.0 Å². The van der Waals surface area contributed by atoms with Gasteiger partial charge in [-0.1, -0.05) is 0 Å². The predicted octanol–water partition coefficient (Wildman–Crippen LogP) is -0.0529. The summed E-state index contributed by atoms with van der Waals surface area (Å²) in [4.78, 5) is 2.24. The molecule has 1 aliphatic heterocycles. The van der Waals surface area contributed by atoms with E-state index in [1.807, 2.05) is 12.4 Å². The maximum Gasteiger partial charge on any atom is 0.0750 e. The van der Waals surface area contributed by atoms with Crippen molar-refractivity contribution in [2.24, 2.45) is 5.73 Å². The zero-order valence-corrected chi connectivity index (χ0v) is 6.33. The molecule has 0 saturated carbocycles. The third-order valence-corrected chi connectivity index (χ3v) is 2.07. The topological polar surface area (TPSA) is 57.9 Å². The van der Waals surface area contributed by atoms with Gasteiger partial charge in [-0.25, -0.2) is 0 Å². The Morgan fingerprint density at radius 2 is 2.64 bits per heavy atom. The first kappa shape index (κ1) is 6.67. The van der Waals surface area contributed by atoms with Gasteiger partial charge < -0.3 is 10.6 Å². The van der Waals surface area contributed by atoms with Crippen LogP contribution in [-0.4, -0.2) is 29.3 Å². The van der Waals surface area contributed by atoms with Crippen LogP contribution in [0.15, 0.2) is 12.4 Å². The molecule has 1 saturated heterocycles. The van der Waals surface area contributed by atoms with Crippen LogP contribution in [-0.2, 0) is 0 Å². The molecule has 1 fully saturated rings. The van der Waals surface area contributed by atoms with Crippen molar-refractivity contribution in [1.29, 1.82) is 0 Å². The van der Waals surface area contributed by atoms with Gasteiger partial charge in [0.25, 0.3) is 0 Å². The van der Waals surface area contributed by atoms with Gasteiger partial charge >= 0.3 is 0 Å². The molecule has 1 aliphatic rings. The van der Waals surface area contributed by atoms with Gasteiger partial charge in [-0.3, -0.25) is 5.10 Å². The molecule has 3 N–H and O–H groups in total. The van der Waals surface area contributed by atoms with Crippen molar-refractivity contribution in [3.63, 3.8) is 0 Å². The third kappa shape index (κ3) is 1.21. The SMILES string of the molecule is N[C@@H]1CCN(c2cn[nH]c2)C1. The van der Waals surface area contributed by atoms with Crippen LogP contribution in [0.5, 0.6) is 0 Å². The summed E-state index contributed by atoms with van der Waals surface area (Å²) < 4.78 is 0. The Bertz CT molecular complexity index is 218. The minimum absolute atomic E-state index is 0.338. The fraction of sp³-hybridized carbons (Fsp3) is 0.571. The second-order valence-corrected chi connectivity index (χ2v) is 2.95. The molecule has 1 atom stereocenters. The molecule has 0 bridgehead atoms. The summed E-state index contributed by atoms with van der Waals surface area (Å²) in [6, 6.07) is 0.338. The second-order valence-electron chi connectivity index (χ2n) is 2.95. The fourth-order valence-electron chi connectivity index (χ4n) is 1.44. The molecule has 1 aromatic heterocycles. The number of anilines is 1. The molecule has 0 aromatic carbocycles. The van der Waals surface area contributed by atoms with E-state index in [0.717, 1.165) is 25.2 Å². The molecule has 4 nitrogen and oxygen atoms in total. The lowest BCUT2D eigenvalue weighted by Gasteiger charge is -2.14. The monoisotopic (exact) mass is 152 g/mol. The highest BCUT2D eigenvalue weighted by atomic mass is 15.2. The highest BCUT2D eigenvalue weighted by molar-refractivity contribution is 5.43. The number of hydrogen-bond acceptors (Lipinski definition) is 3. The maximum atomic E-state index is 5.76. The van der Waals surface area contributed by atoms with Gasteiger partial charge in [0.15, 0.2) is 0 Å². The molecule has 0 spiro atoms. The van der Waals surface area contributed by atoms with Gasteiger partial charge in [-0.05, 0) is 6.42 Å². The minimum Gasteiger partial charge on any atom is -0.367 e. The van der Waals surface area contributed by atoms with Gasteiger partial charge in [0.05, 0.1) is 11.9 Å². The molecule has 0 unspecified atom stereocenters. The Hall–Kier alpha value is -1.03. The van der Waals surface area contributed by atoms with E-state index in [0.29, 0.717) is 6.04 Å². The molecular formula is C7H12N4. The summed E-state index contributed by atoms with van der Waals surface area (Å²) in [6.45, 7) is 2.01. The standard InChI is InChI=1S/C7H12N4/c8-6-1-2-11(5-6)7-3-9-10-4-7/h3-4,6H,1-2,5,8H2,(H,9,10)/t6-/m1/s1. The van der Waals surface area contributed by atoms with Crippen LogP contribution in [0.3, 0.4) is 0 Å². The molecule has 60 valence electrons. The van der Waals surface area contributed by atoms with Gasteiger partial charge in [-0.15, -0.1) is 0 Å². The highest BCUT2D eigenvalue weighted by Crippen LogP contribution is 2.16. The van der Waals surface area contributed by atoms with Crippen LogP contribution in [0.1, 0.15) is 6.42 Å². The van der Waals surface area contributed by atoms with Crippen molar-refractivity contribution >= 4 is 5.69 Å². The Morgan fingerprint density at radius 1 is 1.73 bits per heavy atom. The fourth-order valence-corrected chi connectivity index (χ4v) is 1.44. The van der Waals surface area contributed by atoms with Gasteiger partial charge in [0, 0.05) is 25.3 Å². The lowest BCUT2D eigenvalue weighted by molar-refractivity contribution is 0.752. The molecule has 0 radical (unpaired) electrons. The van der Waals surface area contributed by atoms with Crippen LogP contribution in [0.4, 0.5) is 5.69 Å². The van der Waals surface area contributed by atoms with Gasteiger partial charge in [-0.2, -0.15) is 5.10 Å². The number of nitrogens with one attached hydrogen (secondary N) is 1. The van der Waals surface area contributed by atoms with Crippen LogP contribution < -0.4 is 10.6 Å². The van der Waals surface area contributed by atoms with Crippen molar-refractivity contribution in [3.8, 4) is 0 Å². The normalized spacial score (nSPS) is 24.5. The van der Waals surface area contributed by atoms with Gasteiger partial charge in [0.1, 0.15) is 0 Å². The van der Waals surface area contributed by atoms with E-state index in [1.54, 1.807) is 0 Å². The zero-order chi connectivity index (χ0) is 7.68. The molecule has 1 aromatic rings. The number of aromatic nitrogens is 2. The summed E-state index contributed by atoms with van der Waals surface area (Å²) in [7, 11) is 0. The van der Waals surface area contributed by atoms with Crippen molar-refractivity contribution in [2.45, 2.75) is 12.5 Å². The molecule has 2 rings (SSSR count). The zero-order valence-electron chi connectivity index (χ0n) is 6.33. The first-order chi connectivity index (χ1) is 5.36. The first-order valence-electron chi connectivity index (χ1n) is 3.85. The van der Waals surface area contributed by atoms with E-state index in [-0.39, 0.29) is 0 Å². The van der Waals surface area contributed by atoms with Crippen LogP contribution in [0, 0.1) is 0 Å². The Morgan fingerprint density at radius 3 is 3.18 bits per heavy atom. The average Bonchev–Trinajstić information content (AvgIpc) is 2.55. The number of H-pyrrole nitrogens is 1. The van der Waals surface area contributed by atoms with E-state index in [4.69, 9.17) is 5.73 Å². The molecular weight excluding hydrogens is 140 g/mol. The summed E-state index contributed by atoms with van der Waals surface area (Å²) >= 11 is 0. The Balaban J connectivity index is 2.08. The Labute approximate surface area is 65.4 Å². The predicted molar refractivity (Wildman–Crippen MR) is 43.4 cm³/mol. The van der Waals surface area contributed by atoms with E-state index < -0.39 is 0 Å². The highest BCUT2D eigenvalue weighted by Gasteiger charge is 2.19. The number of nitrogens with two attached hydrogens (primary N) is 1. The van der Waals surface area contributed by atoms with E-state index >= 15 is 0 Å². The molecule has 2 heterocycles. The smallest absolute Gasteiger partial charge is 0.0750 e. The largest absolute Gasteiger partial charge is 0.367 e. The molecule has 11 heavy (non-hydrogen) atoms. The minimum atomic E-state index is 0.338. The molecule has 4 heteroatoms. The van der Waals surface area contributed by atoms with Crippen LogP contribution in [0.25, 0.3) is 0 Å². The first-order valence-corrected chi connectivity index (χ1v) is 3.85. The van der Waals surface area contributed by atoms with E-state index in [9.17, 15) is 0 Å². The number of hydrogen-bond donors (Lipinski definition) is 2. The second kappa shape index (κ2) is 2.54.